The van der Waals surface area contributed by atoms with Crippen molar-refractivity contribution in [3.8, 4) is 0 Å². The summed E-state index contributed by atoms with van der Waals surface area (Å²) in [5.74, 6) is -0.225. The SMILES string of the molecule is COC(=O)[C@@]1(N)CC12CCC2. The van der Waals surface area contributed by atoms with Gasteiger partial charge < -0.3 is 10.5 Å². The summed E-state index contributed by atoms with van der Waals surface area (Å²) in [6, 6.07) is 0. The van der Waals surface area contributed by atoms with E-state index in [1.807, 2.05) is 0 Å². The molecule has 0 saturated heterocycles. The van der Waals surface area contributed by atoms with Gasteiger partial charge in [0.05, 0.1) is 7.11 Å². The number of carbonyl (C=O) groups is 1. The number of rotatable bonds is 1. The molecule has 0 amide bonds. The molecular weight excluding hydrogens is 142 g/mol. The summed E-state index contributed by atoms with van der Waals surface area (Å²) in [4.78, 5) is 11.2. The zero-order valence-corrected chi connectivity index (χ0v) is 6.72. The Morgan fingerprint density at radius 2 is 2.18 bits per heavy atom. The maximum Gasteiger partial charge on any atom is 0.326 e. The van der Waals surface area contributed by atoms with Crippen LogP contribution in [0.4, 0.5) is 0 Å². The highest BCUT2D eigenvalue weighted by atomic mass is 16.5. The van der Waals surface area contributed by atoms with Gasteiger partial charge in [-0.05, 0) is 19.3 Å². The number of hydrogen-bond acceptors (Lipinski definition) is 3. The second kappa shape index (κ2) is 1.78. The first-order chi connectivity index (χ1) is 5.15. The van der Waals surface area contributed by atoms with Crippen molar-refractivity contribution in [3.05, 3.63) is 0 Å². The Balaban J connectivity index is 2.10. The van der Waals surface area contributed by atoms with Gasteiger partial charge in [-0.2, -0.15) is 0 Å². The summed E-state index contributed by atoms with van der Waals surface area (Å²) in [5, 5.41) is 0. The van der Waals surface area contributed by atoms with E-state index in [4.69, 9.17) is 5.73 Å². The van der Waals surface area contributed by atoms with E-state index < -0.39 is 5.54 Å². The second-order valence-electron chi connectivity index (χ2n) is 3.77. The van der Waals surface area contributed by atoms with Gasteiger partial charge in [0.25, 0.3) is 0 Å². The summed E-state index contributed by atoms with van der Waals surface area (Å²) in [5.41, 5.74) is 5.41. The van der Waals surface area contributed by atoms with Crippen LogP contribution < -0.4 is 5.73 Å². The van der Waals surface area contributed by atoms with Crippen molar-refractivity contribution < 1.29 is 9.53 Å². The molecule has 1 spiro atoms. The Kier molecular flexibility index (Phi) is 1.15. The van der Waals surface area contributed by atoms with Crippen LogP contribution in [0.2, 0.25) is 0 Å². The molecule has 0 unspecified atom stereocenters. The standard InChI is InChI=1S/C8H13NO2/c1-11-6(10)8(9)5-7(8)3-2-4-7/h2-5,9H2,1H3/t8-/m0/s1. The minimum Gasteiger partial charge on any atom is -0.468 e. The van der Waals surface area contributed by atoms with Gasteiger partial charge in [-0.1, -0.05) is 6.42 Å². The fourth-order valence-corrected chi connectivity index (χ4v) is 2.19. The predicted molar refractivity (Wildman–Crippen MR) is 39.8 cm³/mol. The van der Waals surface area contributed by atoms with Crippen LogP contribution in [-0.2, 0) is 9.53 Å². The van der Waals surface area contributed by atoms with Crippen molar-refractivity contribution in [3.63, 3.8) is 0 Å². The molecule has 0 heterocycles. The minimum atomic E-state index is -0.611. The molecule has 0 aromatic rings. The zero-order valence-electron chi connectivity index (χ0n) is 6.72. The zero-order chi connectivity index (χ0) is 8.11. The van der Waals surface area contributed by atoms with Gasteiger partial charge >= 0.3 is 5.97 Å². The lowest BCUT2D eigenvalue weighted by Crippen LogP contribution is -2.42. The summed E-state index contributed by atoms with van der Waals surface area (Å²) >= 11 is 0. The van der Waals surface area contributed by atoms with Crippen LogP contribution in [0, 0.1) is 5.41 Å². The number of methoxy groups -OCH3 is 1. The van der Waals surface area contributed by atoms with Crippen molar-refractivity contribution in [2.45, 2.75) is 31.2 Å². The maximum atomic E-state index is 11.2. The van der Waals surface area contributed by atoms with Crippen LogP contribution in [-0.4, -0.2) is 18.6 Å². The average molecular weight is 155 g/mol. The number of carbonyl (C=O) groups excluding carboxylic acids is 1. The van der Waals surface area contributed by atoms with Crippen LogP contribution >= 0.6 is 0 Å². The lowest BCUT2D eigenvalue weighted by Gasteiger charge is -2.29. The molecule has 3 nitrogen and oxygen atoms in total. The highest BCUT2D eigenvalue weighted by Crippen LogP contribution is 2.67. The lowest BCUT2D eigenvalue weighted by atomic mass is 9.78. The van der Waals surface area contributed by atoms with Crippen molar-refractivity contribution in [2.75, 3.05) is 7.11 Å². The van der Waals surface area contributed by atoms with Gasteiger partial charge in [-0.25, -0.2) is 0 Å². The molecule has 0 aliphatic heterocycles. The van der Waals surface area contributed by atoms with Gasteiger partial charge in [0.15, 0.2) is 0 Å². The number of ether oxygens (including phenoxy) is 1. The van der Waals surface area contributed by atoms with Crippen LogP contribution in [0.3, 0.4) is 0 Å². The van der Waals surface area contributed by atoms with Gasteiger partial charge in [0.1, 0.15) is 5.54 Å². The third-order valence-corrected chi connectivity index (χ3v) is 3.30. The smallest absolute Gasteiger partial charge is 0.326 e. The quantitative estimate of drug-likeness (QED) is 0.559. The first-order valence-corrected chi connectivity index (χ1v) is 4.02. The molecule has 2 rings (SSSR count). The van der Waals surface area contributed by atoms with Gasteiger partial charge in [0.2, 0.25) is 0 Å². The Hall–Kier alpha value is -0.570. The van der Waals surface area contributed by atoms with E-state index in [1.165, 1.54) is 13.5 Å². The molecule has 1 atom stereocenters. The monoisotopic (exact) mass is 155 g/mol. The molecule has 0 aromatic carbocycles. The molecule has 2 fully saturated rings. The van der Waals surface area contributed by atoms with Gasteiger partial charge in [0, 0.05) is 5.41 Å². The normalized spacial score (nSPS) is 38.0. The Labute approximate surface area is 65.9 Å². The van der Waals surface area contributed by atoms with E-state index >= 15 is 0 Å². The summed E-state index contributed by atoms with van der Waals surface area (Å²) < 4.78 is 4.64. The molecular formula is C8H13NO2. The van der Waals surface area contributed by atoms with Crippen LogP contribution in [0.25, 0.3) is 0 Å². The fourth-order valence-electron chi connectivity index (χ4n) is 2.19. The fraction of sp³-hybridized carbons (Fsp3) is 0.875. The third-order valence-electron chi connectivity index (χ3n) is 3.30. The first kappa shape index (κ1) is 7.10. The van der Waals surface area contributed by atoms with E-state index in [2.05, 4.69) is 4.74 Å². The Morgan fingerprint density at radius 3 is 2.45 bits per heavy atom. The molecule has 2 aliphatic carbocycles. The highest BCUT2D eigenvalue weighted by Gasteiger charge is 2.72. The van der Waals surface area contributed by atoms with E-state index in [0.29, 0.717) is 0 Å². The van der Waals surface area contributed by atoms with Crippen molar-refractivity contribution in [1.29, 1.82) is 0 Å². The average Bonchev–Trinajstić information content (AvgIpc) is 2.56. The second-order valence-corrected chi connectivity index (χ2v) is 3.77. The number of hydrogen-bond donors (Lipinski definition) is 1. The van der Waals surface area contributed by atoms with Crippen LogP contribution in [0.5, 0.6) is 0 Å². The van der Waals surface area contributed by atoms with Crippen molar-refractivity contribution in [2.24, 2.45) is 11.1 Å². The number of esters is 1. The summed E-state index contributed by atoms with van der Waals surface area (Å²) in [6.07, 6.45) is 4.28. The maximum absolute atomic E-state index is 11.2. The Morgan fingerprint density at radius 1 is 1.55 bits per heavy atom. The highest BCUT2D eigenvalue weighted by molar-refractivity contribution is 5.86. The van der Waals surface area contributed by atoms with E-state index in [9.17, 15) is 4.79 Å². The predicted octanol–water partition coefficient (Wildman–Crippen LogP) is 0.431. The van der Waals surface area contributed by atoms with Gasteiger partial charge in [-0.15, -0.1) is 0 Å². The van der Waals surface area contributed by atoms with Crippen LogP contribution in [0.1, 0.15) is 25.7 Å². The molecule has 2 aliphatic rings. The van der Waals surface area contributed by atoms with E-state index in [-0.39, 0.29) is 11.4 Å². The largest absolute Gasteiger partial charge is 0.468 e. The van der Waals surface area contributed by atoms with Crippen molar-refractivity contribution in [1.82, 2.24) is 0 Å². The number of nitrogens with two attached hydrogens (primary N) is 1. The Bertz CT molecular complexity index is 210. The molecule has 0 bridgehead atoms. The lowest BCUT2D eigenvalue weighted by molar-refractivity contribution is -0.145. The van der Waals surface area contributed by atoms with E-state index in [1.54, 1.807) is 0 Å². The van der Waals surface area contributed by atoms with Crippen LogP contribution in [0.15, 0.2) is 0 Å². The molecule has 11 heavy (non-hydrogen) atoms. The molecule has 0 aromatic heterocycles. The summed E-state index contributed by atoms with van der Waals surface area (Å²) in [7, 11) is 1.40. The topological polar surface area (TPSA) is 52.3 Å². The molecule has 3 heteroatoms. The summed E-state index contributed by atoms with van der Waals surface area (Å²) in [6.45, 7) is 0. The first-order valence-electron chi connectivity index (χ1n) is 4.02. The minimum absolute atomic E-state index is 0.153. The molecule has 0 radical (unpaired) electrons. The molecule has 2 N–H and O–H groups in total. The molecule has 62 valence electrons. The van der Waals surface area contributed by atoms with Gasteiger partial charge in [-0.3, -0.25) is 4.79 Å². The molecule has 2 saturated carbocycles. The van der Waals surface area contributed by atoms with E-state index in [0.717, 1.165) is 19.3 Å². The third kappa shape index (κ3) is 0.644. The van der Waals surface area contributed by atoms with Crippen molar-refractivity contribution >= 4 is 5.97 Å².